The highest BCUT2D eigenvalue weighted by Crippen LogP contribution is 2.43. The first kappa shape index (κ1) is 13.7. The topological polar surface area (TPSA) is 49.3 Å². The van der Waals surface area contributed by atoms with Crippen molar-refractivity contribution in [2.45, 2.75) is 64.2 Å². The third kappa shape index (κ3) is 4.18. The smallest absolute Gasteiger partial charge is 0.404 e. The van der Waals surface area contributed by atoms with E-state index in [1.54, 1.807) is 0 Å². The van der Waals surface area contributed by atoms with Gasteiger partial charge in [-0.25, -0.2) is 4.79 Å². The molecule has 0 unspecified atom stereocenters. The van der Waals surface area contributed by atoms with Crippen LogP contribution in [0.4, 0.5) is 4.79 Å². The zero-order valence-corrected chi connectivity index (χ0v) is 11.4. The second-order valence-electron chi connectivity index (χ2n) is 6.21. The summed E-state index contributed by atoms with van der Waals surface area (Å²) in [6, 6.07) is 0. The summed E-state index contributed by atoms with van der Waals surface area (Å²) >= 11 is 0. The fraction of sp³-hybridized carbons (Fsp3) is 0.933. The lowest BCUT2D eigenvalue weighted by atomic mass is 9.67. The standard InChI is InChI=1S/C15H27NO2/c17-15(18)16-10-4-3-5-12-8-9-13-6-1-2-7-14(13)11-12/h12-14,16H,1-11H2,(H,17,18)/t12-,13-,14+/m1/s1. The van der Waals surface area contributed by atoms with Crippen molar-refractivity contribution in [1.29, 1.82) is 0 Å². The summed E-state index contributed by atoms with van der Waals surface area (Å²) < 4.78 is 0. The molecule has 2 aliphatic carbocycles. The Morgan fingerprint density at radius 1 is 1.06 bits per heavy atom. The summed E-state index contributed by atoms with van der Waals surface area (Å²) in [5.41, 5.74) is 0. The van der Waals surface area contributed by atoms with Crippen LogP contribution < -0.4 is 5.32 Å². The summed E-state index contributed by atoms with van der Waals surface area (Å²) in [6.07, 6.45) is 12.8. The lowest BCUT2D eigenvalue weighted by Gasteiger charge is -2.39. The molecular formula is C15H27NO2. The van der Waals surface area contributed by atoms with Crippen LogP contribution in [0.1, 0.15) is 64.2 Å². The second-order valence-corrected chi connectivity index (χ2v) is 6.21. The van der Waals surface area contributed by atoms with Gasteiger partial charge >= 0.3 is 6.09 Å². The minimum Gasteiger partial charge on any atom is -0.465 e. The summed E-state index contributed by atoms with van der Waals surface area (Å²) in [5.74, 6) is 2.99. The van der Waals surface area contributed by atoms with Crippen LogP contribution in [0.2, 0.25) is 0 Å². The Kier molecular flexibility index (Phi) is 5.33. The lowest BCUT2D eigenvalue weighted by molar-refractivity contribution is 0.124. The van der Waals surface area contributed by atoms with Crippen molar-refractivity contribution >= 4 is 6.09 Å². The number of unbranched alkanes of at least 4 members (excludes halogenated alkanes) is 1. The maximum atomic E-state index is 10.3. The van der Waals surface area contributed by atoms with Crippen LogP contribution in [-0.4, -0.2) is 17.7 Å². The molecule has 0 aromatic heterocycles. The van der Waals surface area contributed by atoms with Gasteiger partial charge in [0.2, 0.25) is 0 Å². The predicted molar refractivity (Wildman–Crippen MR) is 72.7 cm³/mol. The number of rotatable bonds is 5. The van der Waals surface area contributed by atoms with Gasteiger partial charge in [-0.05, 0) is 37.0 Å². The summed E-state index contributed by atoms with van der Waals surface area (Å²) in [6.45, 7) is 0.619. The van der Waals surface area contributed by atoms with Crippen LogP contribution in [0.5, 0.6) is 0 Å². The molecule has 3 nitrogen and oxygen atoms in total. The van der Waals surface area contributed by atoms with E-state index < -0.39 is 6.09 Å². The molecule has 104 valence electrons. The quantitative estimate of drug-likeness (QED) is 0.727. The van der Waals surface area contributed by atoms with Crippen LogP contribution in [0.15, 0.2) is 0 Å². The third-order valence-corrected chi connectivity index (χ3v) is 4.96. The van der Waals surface area contributed by atoms with E-state index in [1.807, 2.05) is 0 Å². The normalized spacial score (nSPS) is 31.7. The van der Waals surface area contributed by atoms with Crippen molar-refractivity contribution in [2.24, 2.45) is 17.8 Å². The molecule has 2 rings (SSSR count). The van der Waals surface area contributed by atoms with E-state index in [-0.39, 0.29) is 0 Å². The molecule has 0 aromatic rings. The van der Waals surface area contributed by atoms with E-state index >= 15 is 0 Å². The molecule has 0 radical (unpaired) electrons. The number of carboxylic acid groups (broad SMARTS) is 1. The molecule has 0 bridgehead atoms. The third-order valence-electron chi connectivity index (χ3n) is 4.96. The highest BCUT2D eigenvalue weighted by atomic mass is 16.4. The van der Waals surface area contributed by atoms with Crippen LogP contribution >= 0.6 is 0 Å². The first-order chi connectivity index (χ1) is 8.75. The molecule has 2 fully saturated rings. The molecule has 0 aliphatic heterocycles. The molecule has 0 aromatic carbocycles. The maximum absolute atomic E-state index is 10.3. The van der Waals surface area contributed by atoms with E-state index in [0.717, 1.165) is 24.2 Å². The van der Waals surface area contributed by atoms with Gasteiger partial charge in [-0.3, -0.25) is 0 Å². The zero-order chi connectivity index (χ0) is 12.8. The van der Waals surface area contributed by atoms with Crippen LogP contribution in [0, 0.1) is 17.8 Å². The van der Waals surface area contributed by atoms with Crippen molar-refractivity contribution < 1.29 is 9.90 Å². The lowest BCUT2D eigenvalue weighted by Crippen LogP contribution is -2.27. The van der Waals surface area contributed by atoms with Gasteiger partial charge in [0, 0.05) is 6.54 Å². The Morgan fingerprint density at radius 2 is 1.83 bits per heavy atom. The number of hydrogen-bond donors (Lipinski definition) is 2. The molecule has 0 spiro atoms. The second kappa shape index (κ2) is 7.01. The van der Waals surface area contributed by atoms with Crippen molar-refractivity contribution in [3.05, 3.63) is 0 Å². The number of amides is 1. The van der Waals surface area contributed by atoms with Gasteiger partial charge in [-0.15, -0.1) is 0 Å². The Morgan fingerprint density at radius 3 is 2.61 bits per heavy atom. The monoisotopic (exact) mass is 253 g/mol. The van der Waals surface area contributed by atoms with E-state index in [2.05, 4.69) is 5.32 Å². The SMILES string of the molecule is O=C(O)NCCCC[C@@H]1CC[C@H]2CCCC[C@H]2C1. The first-order valence-electron chi connectivity index (χ1n) is 7.72. The van der Waals surface area contributed by atoms with Crippen molar-refractivity contribution in [3.8, 4) is 0 Å². The Hall–Kier alpha value is -0.730. The molecule has 3 heteroatoms. The minimum atomic E-state index is -0.891. The average Bonchev–Trinajstić information content (AvgIpc) is 2.38. The highest BCUT2D eigenvalue weighted by molar-refractivity contribution is 5.64. The largest absolute Gasteiger partial charge is 0.465 e. The van der Waals surface area contributed by atoms with Gasteiger partial charge in [0.15, 0.2) is 0 Å². The van der Waals surface area contributed by atoms with Gasteiger partial charge in [-0.1, -0.05) is 44.9 Å². The molecule has 0 heterocycles. The van der Waals surface area contributed by atoms with Gasteiger partial charge < -0.3 is 10.4 Å². The zero-order valence-electron chi connectivity index (χ0n) is 11.4. The summed E-state index contributed by atoms with van der Waals surface area (Å²) in [7, 11) is 0. The van der Waals surface area contributed by atoms with Crippen molar-refractivity contribution in [3.63, 3.8) is 0 Å². The summed E-state index contributed by atoms with van der Waals surface area (Å²) in [4.78, 5) is 10.3. The molecule has 18 heavy (non-hydrogen) atoms. The Bertz CT molecular complexity index is 267. The maximum Gasteiger partial charge on any atom is 0.404 e. The summed E-state index contributed by atoms with van der Waals surface area (Å²) in [5, 5.41) is 10.9. The fourth-order valence-corrected chi connectivity index (χ4v) is 3.99. The van der Waals surface area contributed by atoms with E-state index in [0.29, 0.717) is 6.54 Å². The number of nitrogens with one attached hydrogen (secondary N) is 1. The number of hydrogen-bond acceptors (Lipinski definition) is 1. The van der Waals surface area contributed by atoms with E-state index in [1.165, 1.54) is 57.8 Å². The van der Waals surface area contributed by atoms with Crippen molar-refractivity contribution in [1.82, 2.24) is 5.32 Å². The molecular weight excluding hydrogens is 226 g/mol. The highest BCUT2D eigenvalue weighted by Gasteiger charge is 2.31. The number of carbonyl (C=O) groups is 1. The van der Waals surface area contributed by atoms with Crippen LogP contribution in [-0.2, 0) is 0 Å². The minimum absolute atomic E-state index is 0.619. The van der Waals surface area contributed by atoms with Crippen LogP contribution in [0.25, 0.3) is 0 Å². The molecule has 0 saturated heterocycles. The van der Waals surface area contributed by atoms with Gasteiger partial charge in [0.1, 0.15) is 0 Å². The van der Waals surface area contributed by atoms with Crippen LogP contribution in [0.3, 0.4) is 0 Å². The Balaban J connectivity index is 1.58. The molecule has 1 amide bonds. The average molecular weight is 253 g/mol. The molecule has 2 N–H and O–H groups in total. The molecule has 3 atom stereocenters. The molecule has 2 aliphatic rings. The Labute approximate surface area is 110 Å². The van der Waals surface area contributed by atoms with Gasteiger partial charge in [0.05, 0.1) is 0 Å². The fourth-order valence-electron chi connectivity index (χ4n) is 3.99. The van der Waals surface area contributed by atoms with E-state index in [4.69, 9.17) is 5.11 Å². The number of fused-ring (bicyclic) bond motifs is 1. The van der Waals surface area contributed by atoms with E-state index in [9.17, 15) is 4.79 Å². The van der Waals surface area contributed by atoms with Gasteiger partial charge in [0.25, 0.3) is 0 Å². The van der Waals surface area contributed by atoms with Gasteiger partial charge in [-0.2, -0.15) is 0 Å². The predicted octanol–water partition coefficient (Wildman–Crippen LogP) is 4.03. The first-order valence-corrected chi connectivity index (χ1v) is 7.72. The van der Waals surface area contributed by atoms with Crippen molar-refractivity contribution in [2.75, 3.05) is 6.54 Å². The molecule has 2 saturated carbocycles.